The number of carbonyl (C=O) groups excluding carboxylic acids is 1. The highest BCUT2D eigenvalue weighted by Crippen LogP contribution is 2.27. The van der Waals surface area contributed by atoms with E-state index in [-0.39, 0.29) is 6.61 Å². The van der Waals surface area contributed by atoms with E-state index in [1.165, 1.54) is 11.8 Å². The number of nitrogens with zero attached hydrogens (tertiary/aromatic N) is 3. The third-order valence-corrected chi connectivity index (χ3v) is 5.05. The van der Waals surface area contributed by atoms with E-state index in [0.29, 0.717) is 27.5 Å². The Kier molecular flexibility index (Phi) is 5.89. The van der Waals surface area contributed by atoms with Gasteiger partial charge in [0.05, 0.1) is 22.9 Å². The Labute approximate surface area is 161 Å². The summed E-state index contributed by atoms with van der Waals surface area (Å²) in [5.74, 6) is 0.876. The highest BCUT2D eigenvalue weighted by Gasteiger charge is 2.17. The number of hydrogen-bond donors (Lipinski definition) is 0. The summed E-state index contributed by atoms with van der Waals surface area (Å²) < 4.78 is 10.6. The van der Waals surface area contributed by atoms with Crippen LogP contribution in [0.2, 0.25) is 0 Å². The number of carbonyl (C=O) groups is 1. The van der Waals surface area contributed by atoms with E-state index < -0.39 is 5.97 Å². The molecule has 0 bridgehead atoms. The van der Waals surface area contributed by atoms with Crippen molar-refractivity contribution in [2.24, 2.45) is 0 Å². The number of aromatic nitrogens is 2. The molecule has 0 atom stereocenters. The third-order valence-electron chi connectivity index (χ3n) is 4.02. The summed E-state index contributed by atoms with van der Waals surface area (Å²) in [5.41, 5.74) is 3.37. The molecule has 0 spiro atoms. The van der Waals surface area contributed by atoms with Gasteiger partial charge in [-0.1, -0.05) is 23.4 Å². The molecule has 0 fully saturated rings. The number of thioether (sulfide) groups is 1. The van der Waals surface area contributed by atoms with Crippen molar-refractivity contribution in [3.8, 4) is 6.07 Å². The predicted octanol–water partition coefficient (Wildman–Crippen LogP) is 4.21. The van der Waals surface area contributed by atoms with Gasteiger partial charge in [-0.25, -0.2) is 9.78 Å². The molecule has 7 heteroatoms. The largest absolute Gasteiger partial charge is 0.457 e. The Morgan fingerprint density at radius 3 is 2.81 bits per heavy atom. The molecule has 0 aliphatic rings. The normalized spacial score (nSPS) is 10.4. The van der Waals surface area contributed by atoms with Crippen LogP contribution in [0.3, 0.4) is 0 Å². The van der Waals surface area contributed by atoms with Crippen molar-refractivity contribution in [1.82, 2.24) is 10.1 Å². The Hall–Kier alpha value is -3.11. The molecule has 0 unspecified atom stereocenters. The SMILES string of the molecule is Cc1noc(C)c1CSc1ncccc1C(=O)OCc1ccccc1C#N. The van der Waals surface area contributed by atoms with E-state index in [4.69, 9.17) is 14.5 Å². The van der Waals surface area contributed by atoms with Gasteiger partial charge in [0.25, 0.3) is 0 Å². The second-order valence-electron chi connectivity index (χ2n) is 5.79. The summed E-state index contributed by atoms with van der Waals surface area (Å²) in [4.78, 5) is 16.9. The van der Waals surface area contributed by atoms with Crippen LogP contribution in [0.4, 0.5) is 0 Å². The second kappa shape index (κ2) is 8.52. The Morgan fingerprint density at radius 2 is 2.07 bits per heavy atom. The molecular formula is C20H17N3O3S. The maximum Gasteiger partial charge on any atom is 0.341 e. The van der Waals surface area contributed by atoms with Crippen LogP contribution in [0.1, 0.15) is 38.5 Å². The third kappa shape index (κ3) is 4.36. The molecule has 2 heterocycles. The quantitative estimate of drug-likeness (QED) is 0.468. The average molecular weight is 379 g/mol. The summed E-state index contributed by atoms with van der Waals surface area (Å²) in [6.45, 7) is 3.77. The number of nitriles is 1. The van der Waals surface area contributed by atoms with Crippen LogP contribution in [0.15, 0.2) is 52.1 Å². The zero-order valence-corrected chi connectivity index (χ0v) is 15.7. The first kappa shape index (κ1) is 18.7. The molecule has 1 aromatic carbocycles. The first-order chi connectivity index (χ1) is 13.1. The molecule has 0 saturated heterocycles. The zero-order chi connectivity index (χ0) is 19.2. The first-order valence-corrected chi connectivity index (χ1v) is 9.23. The molecule has 0 N–H and O–H groups in total. The topological polar surface area (TPSA) is 89.0 Å². The average Bonchev–Trinajstić information content (AvgIpc) is 3.02. The minimum atomic E-state index is -0.475. The van der Waals surface area contributed by atoms with Crippen LogP contribution in [-0.4, -0.2) is 16.1 Å². The van der Waals surface area contributed by atoms with Crippen molar-refractivity contribution in [2.75, 3.05) is 0 Å². The lowest BCUT2D eigenvalue weighted by Crippen LogP contribution is -2.08. The molecule has 27 heavy (non-hydrogen) atoms. The van der Waals surface area contributed by atoms with Gasteiger partial charge < -0.3 is 9.26 Å². The molecule has 0 radical (unpaired) electrons. The zero-order valence-electron chi connectivity index (χ0n) is 14.9. The molecule has 3 aromatic rings. The lowest BCUT2D eigenvalue weighted by molar-refractivity contribution is 0.0467. The lowest BCUT2D eigenvalue weighted by atomic mass is 10.1. The highest BCUT2D eigenvalue weighted by molar-refractivity contribution is 7.98. The standard InChI is InChI=1S/C20H17N3O3S/c1-13-18(14(2)26-23-13)12-27-19-17(8-5-9-22-19)20(24)25-11-16-7-4-3-6-15(16)10-21/h3-9H,11-12H2,1-2H3. The van der Waals surface area contributed by atoms with E-state index in [9.17, 15) is 4.79 Å². The fourth-order valence-corrected chi connectivity index (χ4v) is 3.62. The van der Waals surface area contributed by atoms with Gasteiger partial charge in [-0.3, -0.25) is 0 Å². The van der Waals surface area contributed by atoms with Crippen molar-refractivity contribution < 1.29 is 14.1 Å². The van der Waals surface area contributed by atoms with Gasteiger partial charge in [-0.2, -0.15) is 5.26 Å². The van der Waals surface area contributed by atoms with Crippen molar-refractivity contribution in [1.29, 1.82) is 5.26 Å². The van der Waals surface area contributed by atoms with Gasteiger partial charge in [0, 0.05) is 23.1 Å². The Balaban J connectivity index is 1.71. The summed E-state index contributed by atoms with van der Waals surface area (Å²) in [7, 11) is 0. The van der Waals surface area contributed by atoms with Crippen molar-refractivity contribution >= 4 is 17.7 Å². The van der Waals surface area contributed by atoms with Crippen molar-refractivity contribution in [3.05, 3.63) is 76.3 Å². The molecule has 0 amide bonds. The van der Waals surface area contributed by atoms with E-state index in [2.05, 4.69) is 16.2 Å². The number of benzene rings is 1. The molecule has 6 nitrogen and oxygen atoms in total. The number of esters is 1. The van der Waals surface area contributed by atoms with Crippen LogP contribution < -0.4 is 0 Å². The Morgan fingerprint density at radius 1 is 1.26 bits per heavy atom. The highest BCUT2D eigenvalue weighted by atomic mass is 32.2. The van der Waals surface area contributed by atoms with E-state index in [1.807, 2.05) is 13.8 Å². The smallest absolute Gasteiger partial charge is 0.341 e. The van der Waals surface area contributed by atoms with Gasteiger partial charge >= 0.3 is 5.97 Å². The first-order valence-electron chi connectivity index (χ1n) is 8.25. The van der Waals surface area contributed by atoms with Crippen molar-refractivity contribution in [3.63, 3.8) is 0 Å². The minimum absolute atomic E-state index is 0.0332. The van der Waals surface area contributed by atoms with Crippen LogP contribution in [0.25, 0.3) is 0 Å². The minimum Gasteiger partial charge on any atom is -0.457 e. The predicted molar refractivity (Wildman–Crippen MR) is 100 cm³/mol. The van der Waals surface area contributed by atoms with Crippen LogP contribution >= 0.6 is 11.8 Å². The summed E-state index contributed by atoms with van der Waals surface area (Å²) >= 11 is 1.43. The van der Waals surface area contributed by atoms with Crippen molar-refractivity contribution in [2.45, 2.75) is 31.2 Å². The molecule has 136 valence electrons. The lowest BCUT2D eigenvalue weighted by Gasteiger charge is -2.09. The summed E-state index contributed by atoms with van der Waals surface area (Å²) in [5, 5.41) is 13.7. The van der Waals surface area contributed by atoms with E-state index >= 15 is 0 Å². The van der Waals surface area contributed by atoms with Gasteiger partial charge in [0.15, 0.2) is 0 Å². The van der Waals surface area contributed by atoms with Crippen LogP contribution in [-0.2, 0) is 17.1 Å². The second-order valence-corrected chi connectivity index (χ2v) is 6.76. The van der Waals surface area contributed by atoms with E-state index in [0.717, 1.165) is 17.0 Å². The maximum atomic E-state index is 12.5. The summed E-state index contributed by atoms with van der Waals surface area (Å²) in [6, 6.07) is 12.5. The molecule has 0 saturated carbocycles. The van der Waals surface area contributed by atoms with Crippen LogP contribution in [0, 0.1) is 25.2 Å². The molecule has 0 aliphatic heterocycles. The molecule has 3 rings (SSSR count). The molecule has 0 aliphatic carbocycles. The maximum absolute atomic E-state index is 12.5. The number of aryl methyl sites for hydroxylation is 2. The van der Waals surface area contributed by atoms with Gasteiger partial charge in [-0.15, -0.1) is 11.8 Å². The molecule has 2 aromatic heterocycles. The number of ether oxygens (including phenoxy) is 1. The number of pyridine rings is 1. The summed E-state index contributed by atoms with van der Waals surface area (Å²) in [6.07, 6.45) is 1.64. The monoisotopic (exact) mass is 379 g/mol. The van der Waals surface area contributed by atoms with Gasteiger partial charge in [0.1, 0.15) is 17.4 Å². The molecular weight excluding hydrogens is 362 g/mol. The van der Waals surface area contributed by atoms with Crippen LogP contribution in [0.5, 0.6) is 0 Å². The number of hydrogen-bond acceptors (Lipinski definition) is 7. The van der Waals surface area contributed by atoms with Gasteiger partial charge in [0.2, 0.25) is 0 Å². The number of rotatable bonds is 6. The fourth-order valence-electron chi connectivity index (χ4n) is 2.49. The van der Waals surface area contributed by atoms with Gasteiger partial charge in [-0.05, 0) is 32.0 Å². The Bertz CT molecular complexity index is 988. The fraction of sp³-hybridized carbons (Fsp3) is 0.200. The van der Waals surface area contributed by atoms with E-state index in [1.54, 1.807) is 42.6 Å².